The topological polar surface area (TPSA) is 88.2 Å². The van der Waals surface area contributed by atoms with Gasteiger partial charge in [-0.1, -0.05) is 17.7 Å². The molecule has 1 atom stereocenters. The van der Waals surface area contributed by atoms with E-state index in [4.69, 9.17) is 11.6 Å². The minimum Gasteiger partial charge on any atom is -0.354 e. The zero-order chi connectivity index (χ0) is 18.0. The van der Waals surface area contributed by atoms with E-state index in [2.05, 4.69) is 15.6 Å². The van der Waals surface area contributed by atoms with Gasteiger partial charge >= 0.3 is 0 Å². The molecule has 0 spiro atoms. The number of carbonyl (C=O) groups is 1. The molecule has 1 saturated heterocycles. The Morgan fingerprint density at radius 1 is 1.24 bits per heavy atom. The number of hydrogen-bond acceptors (Lipinski definition) is 5. The van der Waals surface area contributed by atoms with Crippen molar-refractivity contribution in [3.63, 3.8) is 0 Å². The monoisotopic (exact) mass is 379 g/mol. The first-order valence-electron chi connectivity index (χ1n) is 7.83. The van der Waals surface area contributed by atoms with E-state index in [1.807, 2.05) is 25.1 Å². The van der Waals surface area contributed by atoms with E-state index in [0.717, 1.165) is 16.9 Å². The third kappa shape index (κ3) is 4.49. The van der Waals surface area contributed by atoms with Crippen molar-refractivity contribution in [3.05, 3.63) is 52.8 Å². The third-order valence-electron chi connectivity index (χ3n) is 4.02. The molecule has 6 nitrogen and oxygen atoms in total. The van der Waals surface area contributed by atoms with Crippen molar-refractivity contribution in [1.82, 2.24) is 10.3 Å². The van der Waals surface area contributed by atoms with Crippen LogP contribution in [0.3, 0.4) is 0 Å². The first-order chi connectivity index (χ1) is 11.8. The summed E-state index contributed by atoms with van der Waals surface area (Å²) in [6.45, 7) is 1.93. The highest BCUT2D eigenvalue weighted by atomic mass is 35.5. The summed E-state index contributed by atoms with van der Waals surface area (Å²) in [6, 6.07) is 8.63. The number of anilines is 2. The molecule has 0 saturated carbocycles. The lowest BCUT2D eigenvalue weighted by atomic mass is 10.2. The Kier molecular flexibility index (Phi) is 4.96. The van der Waals surface area contributed by atoms with E-state index in [0.29, 0.717) is 11.4 Å². The van der Waals surface area contributed by atoms with Crippen molar-refractivity contribution in [2.75, 3.05) is 16.8 Å². The van der Waals surface area contributed by atoms with Gasteiger partial charge in [-0.15, -0.1) is 0 Å². The summed E-state index contributed by atoms with van der Waals surface area (Å²) in [6.07, 6.45) is 2.00. The first kappa shape index (κ1) is 17.7. The maximum atomic E-state index is 12.2. The van der Waals surface area contributed by atoms with Gasteiger partial charge in [0.15, 0.2) is 9.84 Å². The Morgan fingerprint density at radius 3 is 2.60 bits per heavy atom. The van der Waals surface area contributed by atoms with Crippen LogP contribution in [0.25, 0.3) is 0 Å². The second-order valence-electron chi connectivity index (χ2n) is 6.09. The summed E-state index contributed by atoms with van der Waals surface area (Å²) in [7, 11) is -3.03. The van der Waals surface area contributed by atoms with Crippen LogP contribution >= 0.6 is 11.6 Å². The average Bonchev–Trinajstić information content (AvgIpc) is 2.90. The van der Waals surface area contributed by atoms with Crippen LogP contribution in [0, 0.1) is 6.92 Å². The normalized spacial score (nSPS) is 18.7. The molecule has 1 fully saturated rings. The number of amides is 1. The standard InChI is InChI=1S/C17H18ClN3O3S/c1-11-2-3-12(8-15(11)18)20-13-4-5-16(19-9-13)17(22)21-14-6-7-25(23,24)10-14/h2-5,8-9,14,20H,6-7,10H2,1H3,(H,21,22). The minimum atomic E-state index is -3.03. The number of hydrogen-bond donors (Lipinski definition) is 2. The quantitative estimate of drug-likeness (QED) is 0.852. The van der Waals surface area contributed by atoms with Gasteiger partial charge in [0.2, 0.25) is 0 Å². The van der Waals surface area contributed by atoms with Crippen LogP contribution in [0.15, 0.2) is 36.5 Å². The van der Waals surface area contributed by atoms with Gasteiger partial charge in [0.05, 0.1) is 23.4 Å². The molecule has 0 aliphatic carbocycles. The number of pyridine rings is 1. The Bertz CT molecular complexity index is 898. The summed E-state index contributed by atoms with van der Waals surface area (Å²) >= 11 is 6.10. The molecule has 132 valence electrons. The number of rotatable bonds is 4. The molecule has 1 aliphatic rings. The largest absolute Gasteiger partial charge is 0.354 e. The number of carbonyl (C=O) groups excluding carboxylic acids is 1. The van der Waals surface area contributed by atoms with Crippen LogP contribution in [-0.2, 0) is 9.84 Å². The number of aryl methyl sites for hydroxylation is 1. The highest BCUT2D eigenvalue weighted by Crippen LogP contribution is 2.23. The Balaban J connectivity index is 1.63. The van der Waals surface area contributed by atoms with E-state index < -0.39 is 9.84 Å². The van der Waals surface area contributed by atoms with Gasteiger partial charge < -0.3 is 10.6 Å². The van der Waals surface area contributed by atoms with Crippen molar-refractivity contribution in [3.8, 4) is 0 Å². The molecule has 2 aromatic rings. The van der Waals surface area contributed by atoms with Gasteiger partial charge in [0, 0.05) is 16.8 Å². The van der Waals surface area contributed by atoms with Crippen LogP contribution in [0.4, 0.5) is 11.4 Å². The van der Waals surface area contributed by atoms with Crippen molar-refractivity contribution in [2.24, 2.45) is 0 Å². The van der Waals surface area contributed by atoms with Crippen LogP contribution in [0.1, 0.15) is 22.5 Å². The van der Waals surface area contributed by atoms with Gasteiger partial charge in [-0.2, -0.15) is 0 Å². The first-order valence-corrected chi connectivity index (χ1v) is 10.0. The Morgan fingerprint density at radius 2 is 2.00 bits per heavy atom. The van der Waals surface area contributed by atoms with Crippen molar-refractivity contribution < 1.29 is 13.2 Å². The molecule has 8 heteroatoms. The highest BCUT2D eigenvalue weighted by Gasteiger charge is 2.29. The number of aromatic nitrogens is 1. The summed E-state index contributed by atoms with van der Waals surface area (Å²) in [5.41, 5.74) is 2.79. The fourth-order valence-corrected chi connectivity index (χ4v) is 4.46. The molecule has 1 aromatic carbocycles. The maximum Gasteiger partial charge on any atom is 0.270 e. The number of halogens is 1. The summed E-state index contributed by atoms with van der Waals surface area (Å²) in [5, 5.41) is 6.55. The van der Waals surface area contributed by atoms with Gasteiger partial charge in [-0.05, 0) is 43.2 Å². The molecular weight excluding hydrogens is 362 g/mol. The molecule has 1 unspecified atom stereocenters. The predicted octanol–water partition coefficient (Wildman–Crippen LogP) is 2.70. The number of sulfone groups is 1. The van der Waals surface area contributed by atoms with E-state index in [9.17, 15) is 13.2 Å². The van der Waals surface area contributed by atoms with Crippen LogP contribution < -0.4 is 10.6 Å². The molecule has 2 heterocycles. The van der Waals surface area contributed by atoms with Crippen LogP contribution in [-0.4, -0.2) is 36.9 Å². The number of nitrogens with zero attached hydrogens (tertiary/aromatic N) is 1. The predicted molar refractivity (Wildman–Crippen MR) is 98.2 cm³/mol. The molecule has 2 N–H and O–H groups in total. The van der Waals surface area contributed by atoms with E-state index in [-0.39, 0.29) is 29.1 Å². The zero-order valence-corrected chi connectivity index (χ0v) is 15.2. The van der Waals surface area contributed by atoms with Gasteiger partial charge in [0.25, 0.3) is 5.91 Å². The summed E-state index contributed by atoms with van der Waals surface area (Å²) < 4.78 is 22.9. The van der Waals surface area contributed by atoms with Crippen molar-refractivity contribution >= 4 is 38.7 Å². The zero-order valence-electron chi connectivity index (χ0n) is 13.6. The Hall–Kier alpha value is -2.12. The van der Waals surface area contributed by atoms with Crippen molar-refractivity contribution in [1.29, 1.82) is 0 Å². The fraction of sp³-hybridized carbons (Fsp3) is 0.294. The summed E-state index contributed by atoms with van der Waals surface area (Å²) in [5.74, 6) is -0.257. The lowest BCUT2D eigenvalue weighted by Gasteiger charge is -2.11. The van der Waals surface area contributed by atoms with E-state index in [1.54, 1.807) is 18.3 Å². The molecule has 25 heavy (non-hydrogen) atoms. The molecular formula is C17H18ClN3O3S. The molecule has 0 bridgehead atoms. The lowest BCUT2D eigenvalue weighted by Crippen LogP contribution is -2.36. The lowest BCUT2D eigenvalue weighted by molar-refractivity contribution is 0.0936. The summed E-state index contributed by atoms with van der Waals surface area (Å²) in [4.78, 5) is 16.3. The van der Waals surface area contributed by atoms with Crippen molar-refractivity contribution in [2.45, 2.75) is 19.4 Å². The van der Waals surface area contributed by atoms with Gasteiger partial charge in [-0.25, -0.2) is 13.4 Å². The SMILES string of the molecule is Cc1ccc(Nc2ccc(C(=O)NC3CCS(=O)(=O)C3)nc2)cc1Cl. The van der Waals surface area contributed by atoms with Gasteiger partial charge in [-0.3, -0.25) is 4.79 Å². The van der Waals surface area contributed by atoms with Gasteiger partial charge in [0.1, 0.15) is 5.69 Å². The molecule has 0 radical (unpaired) electrons. The maximum absolute atomic E-state index is 12.2. The van der Waals surface area contributed by atoms with E-state index in [1.165, 1.54) is 0 Å². The van der Waals surface area contributed by atoms with Crippen LogP contribution in [0.5, 0.6) is 0 Å². The Labute approximate surface area is 151 Å². The number of nitrogens with one attached hydrogen (secondary N) is 2. The molecule has 1 aliphatic heterocycles. The average molecular weight is 380 g/mol. The minimum absolute atomic E-state index is 0.00738. The van der Waals surface area contributed by atoms with E-state index >= 15 is 0 Å². The third-order valence-corrected chi connectivity index (χ3v) is 6.20. The highest BCUT2D eigenvalue weighted by molar-refractivity contribution is 7.91. The smallest absolute Gasteiger partial charge is 0.270 e. The molecule has 1 amide bonds. The molecule has 1 aromatic heterocycles. The van der Waals surface area contributed by atoms with Crippen LogP contribution in [0.2, 0.25) is 5.02 Å². The second-order valence-corrected chi connectivity index (χ2v) is 8.73. The number of benzene rings is 1. The second kappa shape index (κ2) is 7.01. The molecule has 3 rings (SSSR count). The fourth-order valence-electron chi connectivity index (χ4n) is 2.61.